The van der Waals surface area contributed by atoms with Crippen LogP contribution in [0.1, 0.15) is 39.7 Å². The van der Waals surface area contributed by atoms with Crippen molar-refractivity contribution in [2.75, 3.05) is 24.5 Å². The number of benzene rings is 2. The van der Waals surface area contributed by atoms with Crippen molar-refractivity contribution in [3.63, 3.8) is 0 Å². The highest BCUT2D eigenvalue weighted by Gasteiger charge is 2.33. The van der Waals surface area contributed by atoms with Gasteiger partial charge in [-0.1, -0.05) is 11.6 Å². The number of rotatable bonds is 8. The van der Waals surface area contributed by atoms with Crippen molar-refractivity contribution in [2.24, 2.45) is 12.9 Å². The molecular weight excluding hydrogens is 509 g/mol. The summed E-state index contributed by atoms with van der Waals surface area (Å²) in [6.07, 6.45) is -1.25. The van der Waals surface area contributed by atoms with Crippen LogP contribution in [0.5, 0.6) is 5.75 Å². The van der Waals surface area contributed by atoms with Crippen LogP contribution in [-0.2, 0) is 19.8 Å². The number of halogens is 4. The largest absolute Gasteiger partial charge is 0.494 e. The van der Waals surface area contributed by atoms with Gasteiger partial charge in [-0.3, -0.25) is 14.5 Å². The van der Waals surface area contributed by atoms with Gasteiger partial charge < -0.3 is 15.4 Å². The molecule has 0 aliphatic rings. The minimum absolute atomic E-state index is 0.102. The van der Waals surface area contributed by atoms with E-state index in [2.05, 4.69) is 15.7 Å². The van der Waals surface area contributed by atoms with Crippen LogP contribution in [0.25, 0.3) is 5.57 Å². The van der Waals surface area contributed by atoms with E-state index in [1.807, 2.05) is 20.9 Å². The maximum atomic E-state index is 13.5. The molecule has 1 heterocycles. The zero-order valence-electron chi connectivity index (χ0n) is 21.0. The Labute approximate surface area is 217 Å². The predicted molar refractivity (Wildman–Crippen MR) is 138 cm³/mol. The van der Waals surface area contributed by atoms with Crippen LogP contribution in [0.15, 0.2) is 42.7 Å². The Balaban J connectivity index is 1.95. The lowest BCUT2D eigenvalue weighted by atomic mass is 10.1. The van der Waals surface area contributed by atoms with Gasteiger partial charge in [-0.2, -0.15) is 18.3 Å². The molecule has 0 atom stereocenters. The fourth-order valence-corrected chi connectivity index (χ4v) is 4.00. The second-order valence-electron chi connectivity index (χ2n) is 8.35. The number of allylic oxidation sites excluding steroid dienone is 1. The summed E-state index contributed by atoms with van der Waals surface area (Å²) in [4.78, 5) is 13.1. The Morgan fingerprint density at radius 3 is 2.57 bits per heavy atom. The maximum absolute atomic E-state index is 13.5. The molecule has 0 fully saturated rings. The van der Waals surface area contributed by atoms with Crippen molar-refractivity contribution in [1.29, 1.82) is 0 Å². The third-order valence-corrected chi connectivity index (χ3v) is 6.11. The van der Waals surface area contributed by atoms with Crippen molar-refractivity contribution in [3.8, 4) is 5.75 Å². The molecule has 37 heavy (non-hydrogen) atoms. The van der Waals surface area contributed by atoms with Crippen molar-refractivity contribution in [3.05, 3.63) is 75.7 Å². The molecule has 4 N–H and O–H groups in total. The van der Waals surface area contributed by atoms with Crippen LogP contribution < -0.4 is 26.2 Å². The second kappa shape index (κ2) is 11.2. The summed E-state index contributed by atoms with van der Waals surface area (Å²) in [5, 5.41) is 11.1. The summed E-state index contributed by atoms with van der Waals surface area (Å²) in [7, 11) is 4.74. The molecule has 198 valence electrons. The molecule has 3 aromatic rings. The Morgan fingerprint density at radius 2 is 2.00 bits per heavy atom. The van der Waals surface area contributed by atoms with E-state index in [1.165, 1.54) is 30.3 Å². The molecule has 0 unspecified atom stereocenters. The standard InChI is InChI=1S/C25H28ClF3N6O2/c1-14(19-12-32-34(4)15(19)2)13-35(30)22-9-16(6-7-20(22)26)24(36)33-21-10-18(25(27,28)29)8-17(11-31-3)23(21)37-5/h6-10,12-13,31H,11,30H2,1-5H3,(H,33,36)/b14-13+. The van der Waals surface area contributed by atoms with Crippen LogP contribution >= 0.6 is 11.6 Å². The quantitative estimate of drug-likeness (QED) is 0.273. The number of hydrogen-bond acceptors (Lipinski definition) is 6. The van der Waals surface area contributed by atoms with Crippen LogP contribution in [-0.4, -0.2) is 29.8 Å². The van der Waals surface area contributed by atoms with Crippen molar-refractivity contribution < 1.29 is 22.7 Å². The second-order valence-corrected chi connectivity index (χ2v) is 8.76. The number of amides is 1. The maximum Gasteiger partial charge on any atom is 0.416 e. The van der Waals surface area contributed by atoms with Gasteiger partial charge in [-0.25, -0.2) is 5.84 Å². The SMILES string of the molecule is CNCc1cc(C(F)(F)F)cc(NC(=O)c2ccc(Cl)c(N(N)/C=C(\C)c3cnn(C)c3C)c2)c1OC. The molecule has 0 aliphatic carbocycles. The number of aryl methyl sites for hydroxylation is 1. The third-order valence-electron chi connectivity index (χ3n) is 5.79. The van der Waals surface area contributed by atoms with Crippen molar-refractivity contribution in [1.82, 2.24) is 15.1 Å². The highest BCUT2D eigenvalue weighted by atomic mass is 35.5. The molecule has 0 saturated heterocycles. The van der Waals surface area contributed by atoms with Gasteiger partial charge in [0.2, 0.25) is 0 Å². The molecule has 2 aromatic carbocycles. The van der Waals surface area contributed by atoms with E-state index in [1.54, 1.807) is 24.1 Å². The lowest BCUT2D eigenvalue weighted by Crippen LogP contribution is -2.25. The van der Waals surface area contributed by atoms with Gasteiger partial charge in [0.15, 0.2) is 0 Å². The molecule has 0 aliphatic heterocycles. The minimum atomic E-state index is -4.61. The van der Waals surface area contributed by atoms with Crippen molar-refractivity contribution in [2.45, 2.75) is 26.6 Å². The number of hydrogen-bond donors (Lipinski definition) is 3. The molecule has 0 saturated carbocycles. The first-order valence-corrected chi connectivity index (χ1v) is 11.5. The van der Waals surface area contributed by atoms with Gasteiger partial charge in [0.1, 0.15) is 5.75 Å². The van der Waals surface area contributed by atoms with E-state index in [-0.39, 0.29) is 34.1 Å². The smallest absolute Gasteiger partial charge is 0.416 e. The first kappa shape index (κ1) is 28.0. The molecule has 1 amide bonds. The summed E-state index contributed by atoms with van der Waals surface area (Å²) in [6, 6.07) is 6.21. The Kier molecular flexibility index (Phi) is 8.52. The Morgan fingerprint density at radius 1 is 1.30 bits per heavy atom. The fourth-order valence-electron chi connectivity index (χ4n) is 3.79. The topological polar surface area (TPSA) is 97.4 Å². The number of anilines is 2. The predicted octanol–water partition coefficient (Wildman–Crippen LogP) is 5.12. The summed E-state index contributed by atoms with van der Waals surface area (Å²) >= 11 is 6.34. The lowest BCUT2D eigenvalue weighted by molar-refractivity contribution is -0.137. The Hall–Kier alpha value is -3.54. The summed E-state index contributed by atoms with van der Waals surface area (Å²) in [5.74, 6) is 5.70. The third kappa shape index (κ3) is 6.24. The molecule has 3 rings (SSSR count). The number of methoxy groups -OCH3 is 1. The fraction of sp³-hybridized carbons (Fsp3) is 0.280. The van der Waals surface area contributed by atoms with Gasteiger partial charge >= 0.3 is 6.18 Å². The number of hydrazine groups is 1. The molecular formula is C25H28ClF3N6O2. The molecule has 12 heteroatoms. The van der Waals surface area contributed by atoms with E-state index in [9.17, 15) is 18.0 Å². The Bertz CT molecular complexity index is 1340. The van der Waals surface area contributed by atoms with Gasteiger partial charge in [-0.15, -0.1) is 0 Å². The van der Waals surface area contributed by atoms with E-state index in [0.717, 1.165) is 29.0 Å². The molecule has 0 bridgehead atoms. The van der Waals surface area contributed by atoms with Gasteiger partial charge in [0, 0.05) is 42.2 Å². The molecule has 0 spiro atoms. The monoisotopic (exact) mass is 536 g/mol. The number of aromatic nitrogens is 2. The highest BCUT2D eigenvalue weighted by Crippen LogP contribution is 2.38. The van der Waals surface area contributed by atoms with Gasteiger partial charge in [0.05, 0.1) is 35.3 Å². The highest BCUT2D eigenvalue weighted by molar-refractivity contribution is 6.33. The first-order valence-electron chi connectivity index (χ1n) is 11.1. The molecule has 0 radical (unpaired) electrons. The molecule has 1 aromatic heterocycles. The first-order chi connectivity index (χ1) is 17.4. The number of carbonyl (C=O) groups excluding carboxylic acids is 1. The zero-order valence-corrected chi connectivity index (χ0v) is 21.8. The van der Waals surface area contributed by atoms with E-state index in [4.69, 9.17) is 22.2 Å². The van der Waals surface area contributed by atoms with Crippen LogP contribution in [0, 0.1) is 6.92 Å². The lowest BCUT2D eigenvalue weighted by Gasteiger charge is -2.19. The summed E-state index contributed by atoms with van der Waals surface area (Å²) in [5.41, 5.74) is 2.30. The van der Waals surface area contributed by atoms with Gasteiger partial charge in [-0.05, 0) is 56.8 Å². The number of nitrogens with zero attached hydrogens (tertiary/aromatic N) is 3. The number of ether oxygens (including phenoxy) is 1. The minimum Gasteiger partial charge on any atom is -0.494 e. The van der Waals surface area contributed by atoms with E-state index >= 15 is 0 Å². The number of nitrogens with two attached hydrogens (primary N) is 1. The van der Waals surface area contributed by atoms with E-state index in [0.29, 0.717) is 5.69 Å². The molecule has 8 nitrogen and oxygen atoms in total. The van der Waals surface area contributed by atoms with Crippen molar-refractivity contribution >= 4 is 34.5 Å². The van der Waals surface area contributed by atoms with Crippen LogP contribution in [0.4, 0.5) is 24.5 Å². The summed E-state index contributed by atoms with van der Waals surface area (Å²) in [6.45, 7) is 3.88. The van der Waals surface area contributed by atoms with E-state index < -0.39 is 17.6 Å². The average Bonchev–Trinajstić information content (AvgIpc) is 3.16. The zero-order chi connectivity index (χ0) is 27.5. The number of nitrogens with one attached hydrogen (secondary N) is 2. The van der Waals surface area contributed by atoms with Gasteiger partial charge in [0.25, 0.3) is 5.91 Å². The normalized spacial score (nSPS) is 12.0. The number of alkyl halides is 3. The van der Waals surface area contributed by atoms with Crippen LogP contribution in [0.3, 0.4) is 0 Å². The van der Waals surface area contributed by atoms with Crippen LogP contribution in [0.2, 0.25) is 5.02 Å². The average molecular weight is 537 g/mol. The summed E-state index contributed by atoms with van der Waals surface area (Å²) < 4.78 is 47.6. The number of carbonyl (C=O) groups is 1.